The Balaban J connectivity index is 2.49. The van der Waals surface area contributed by atoms with Gasteiger partial charge in [0.1, 0.15) is 12.1 Å². The summed E-state index contributed by atoms with van der Waals surface area (Å²) in [6.07, 6.45) is 0. The van der Waals surface area contributed by atoms with Gasteiger partial charge in [0.05, 0.1) is 10.0 Å². The van der Waals surface area contributed by atoms with E-state index in [4.69, 9.17) is 23.2 Å². The van der Waals surface area contributed by atoms with Crippen LogP contribution in [-0.2, 0) is 9.59 Å². The largest absolute Gasteiger partial charge is 0.343 e. The second kappa shape index (κ2) is 5.62. The standard InChI is InChI=1S/C14H16Cl2N2O2/c1-7(2)12-13(19)17-8(3)14(20)18(12)9-4-5-10(15)11(16)6-9/h4-8,12H,1-3H3,(H,17,19). The highest BCUT2D eigenvalue weighted by Crippen LogP contribution is 2.31. The summed E-state index contributed by atoms with van der Waals surface area (Å²) in [4.78, 5) is 26.1. The zero-order valence-electron chi connectivity index (χ0n) is 11.5. The number of amides is 2. The van der Waals surface area contributed by atoms with E-state index in [1.54, 1.807) is 25.1 Å². The zero-order chi connectivity index (χ0) is 15.0. The van der Waals surface area contributed by atoms with Crippen LogP contribution in [0.15, 0.2) is 18.2 Å². The van der Waals surface area contributed by atoms with E-state index in [0.29, 0.717) is 15.7 Å². The molecular weight excluding hydrogens is 299 g/mol. The third-order valence-electron chi connectivity index (χ3n) is 3.33. The molecule has 1 aromatic carbocycles. The highest BCUT2D eigenvalue weighted by molar-refractivity contribution is 6.42. The van der Waals surface area contributed by atoms with Crippen molar-refractivity contribution in [3.05, 3.63) is 28.2 Å². The van der Waals surface area contributed by atoms with Gasteiger partial charge in [-0.2, -0.15) is 0 Å². The van der Waals surface area contributed by atoms with Crippen molar-refractivity contribution in [2.45, 2.75) is 32.9 Å². The topological polar surface area (TPSA) is 49.4 Å². The van der Waals surface area contributed by atoms with Gasteiger partial charge in [0.2, 0.25) is 11.8 Å². The third kappa shape index (κ3) is 2.63. The Morgan fingerprint density at radius 2 is 1.85 bits per heavy atom. The maximum atomic E-state index is 12.4. The minimum absolute atomic E-state index is 0.0131. The molecule has 2 rings (SSSR count). The first-order valence-electron chi connectivity index (χ1n) is 6.41. The predicted octanol–water partition coefficient (Wildman–Crippen LogP) is 2.87. The van der Waals surface area contributed by atoms with Crippen molar-refractivity contribution >= 4 is 40.7 Å². The molecule has 1 heterocycles. The lowest BCUT2D eigenvalue weighted by Gasteiger charge is -2.39. The first-order valence-corrected chi connectivity index (χ1v) is 7.17. The molecule has 0 saturated carbocycles. The fourth-order valence-corrected chi connectivity index (χ4v) is 2.64. The van der Waals surface area contributed by atoms with Crippen molar-refractivity contribution in [2.75, 3.05) is 4.90 Å². The minimum Gasteiger partial charge on any atom is -0.343 e. The number of benzene rings is 1. The molecule has 1 aliphatic rings. The molecule has 0 radical (unpaired) electrons. The maximum Gasteiger partial charge on any atom is 0.250 e. The normalized spacial score (nSPS) is 23.2. The summed E-state index contributed by atoms with van der Waals surface area (Å²) in [7, 11) is 0. The van der Waals surface area contributed by atoms with Gasteiger partial charge in [0.25, 0.3) is 0 Å². The lowest BCUT2D eigenvalue weighted by atomic mass is 9.96. The van der Waals surface area contributed by atoms with Crippen LogP contribution in [0.25, 0.3) is 0 Å². The number of anilines is 1. The van der Waals surface area contributed by atoms with Crippen LogP contribution in [0, 0.1) is 5.92 Å². The van der Waals surface area contributed by atoms with Crippen molar-refractivity contribution < 1.29 is 9.59 Å². The van der Waals surface area contributed by atoms with Crippen LogP contribution in [0.3, 0.4) is 0 Å². The smallest absolute Gasteiger partial charge is 0.250 e. The van der Waals surface area contributed by atoms with E-state index in [1.807, 2.05) is 13.8 Å². The fraction of sp³-hybridized carbons (Fsp3) is 0.429. The van der Waals surface area contributed by atoms with Gasteiger partial charge in [-0.1, -0.05) is 37.0 Å². The van der Waals surface area contributed by atoms with E-state index in [2.05, 4.69) is 5.32 Å². The first-order chi connectivity index (χ1) is 9.32. The van der Waals surface area contributed by atoms with Gasteiger partial charge in [0.15, 0.2) is 0 Å². The Hall–Kier alpha value is -1.26. The molecule has 6 heteroatoms. The van der Waals surface area contributed by atoms with E-state index in [9.17, 15) is 9.59 Å². The second-order valence-electron chi connectivity index (χ2n) is 5.23. The van der Waals surface area contributed by atoms with Crippen LogP contribution < -0.4 is 10.2 Å². The molecule has 0 spiro atoms. The quantitative estimate of drug-likeness (QED) is 0.912. The molecule has 1 aliphatic heterocycles. The summed E-state index contributed by atoms with van der Waals surface area (Å²) in [5.41, 5.74) is 0.588. The average molecular weight is 315 g/mol. The van der Waals surface area contributed by atoms with Gasteiger partial charge in [-0.05, 0) is 31.0 Å². The predicted molar refractivity (Wildman–Crippen MR) is 80.2 cm³/mol. The van der Waals surface area contributed by atoms with E-state index in [-0.39, 0.29) is 17.7 Å². The molecule has 1 N–H and O–H groups in total. The number of carbonyl (C=O) groups excluding carboxylic acids is 2. The first kappa shape index (κ1) is 15.1. The Morgan fingerprint density at radius 1 is 1.20 bits per heavy atom. The van der Waals surface area contributed by atoms with Crippen molar-refractivity contribution in [3.63, 3.8) is 0 Å². The molecule has 1 fully saturated rings. The molecule has 4 nitrogen and oxygen atoms in total. The van der Waals surface area contributed by atoms with Gasteiger partial charge < -0.3 is 5.32 Å². The summed E-state index contributed by atoms with van der Waals surface area (Å²) >= 11 is 11.9. The van der Waals surface area contributed by atoms with Gasteiger partial charge in [-0.3, -0.25) is 14.5 Å². The SMILES string of the molecule is CC1NC(=O)C(C(C)C)N(c2ccc(Cl)c(Cl)c2)C1=O. The van der Waals surface area contributed by atoms with Crippen LogP contribution in [0.4, 0.5) is 5.69 Å². The highest BCUT2D eigenvalue weighted by atomic mass is 35.5. The van der Waals surface area contributed by atoms with Crippen molar-refractivity contribution in [1.82, 2.24) is 5.32 Å². The molecule has 0 aliphatic carbocycles. The van der Waals surface area contributed by atoms with E-state index in [1.165, 1.54) is 4.90 Å². The highest BCUT2D eigenvalue weighted by Gasteiger charge is 2.41. The van der Waals surface area contributed by atoms with Crippen LogP contribution >= 0.6 is 23.2 Å². The van der Waals surface area contributed by atoms with E-state index in [0.717, 1.165) is 0 Å². The Bertz CT molecular complexity index is 560. The van der Waals surface area contributed by atoms with Crippen LogP contribution in [0.5, 0.6) is 0 Å². The average Bonchev–Trinajstić information content (AvgIpc) is 2.36. The lowest BCUT2D eigenvalue weighted by molar-refractivity contribution is -0.134. The molecular formula is C14H16Cl2N2O2. The number of nitrogens with zero attached hydrogens (tertiary/aromatic N) is 1. The summed E-state index contributed by atoms with van der Waals surface area (Å²) in [5.74, 6) is -0.319. The second-order valence-corrected chi connectivity index (χ2v) is 6.04. The maximum absolute atomic E-state index is 12.4. The number of rotatable bonds is 2. The van der Waals surface area contributed by atoms with Crippen molar-refractivity contribution in [2.24, 2.45) is 5.92 Å². The van der Waals surface area contributed by atoms with Crippen molar-refractivity contribution in [1.29, 1.82) is 0 Å². The third-order valence-corrected chi connectivity index (χ3v) is 4.07. The Labute approximate surface area is 128 Å². The monoisotopic (exact) mass is 314 g/mol. The van der Waals surface area contributed by atoms with Gasteiger partial charge >= 0.3 is 0 Å². The Kier molecular flexibility index (Phi) is 4.25. The number of nitrogens with one attached hydrogen (secondary N) is 1. The molecule has 108 valence electrons. The molecule has 1 saturated heterocycles. The van der Waals surface area contributed by atoms with Crippen LogP contribution in [0.2, 0.25) is 10.0 Å². The van der Waals surface area contributed by atoms with E-state index < -0.39 is 12.1 Å². The lowest BCUT2D eigenvalue weighted by Crippen LogP contribution is -2.64. The Morgan fingerprint density at radius 3 is 2.40 bits per heavy atom. The van der Waals surface area contributed by atoms with Gasteiger partial charge in [-0.15, -0.1) is 0 Å². The van der Waals surface area contributed by atoms with E-state index >= 15 is 0 Å². The minimum atomic E-state index is -0.549. The molecule has 0 aromatic heterocycles. The zero-order valence-corrected chi connectivity index (χ0v) is 13.0. The number of carbonyl (C=O) groups is 2. The number of piperazine rings is 1. The number of halogens is 2. The van der Waals surface area contributed by atoms with Gasteiger partial charge in [-0.25, -0.2) is 0 Å². The molecule has 2 unspecified atom stereocenters. The summed E-state index contributed by atoms with van der Waals surface area (Å²) < 4.78 is 0. The summed E-state index contributed by atoms with van der Waals surface area (Å²) in [6.45, 7) is 5.47. The number of hydrogen-bond donors (Lipinski definition) is 1. The van der Waals surface area contributed by atoms with Crippen molar-refractivity contribution in [3.8, 4) is 0 Å². The molecule has 2 atom stereocenters. The summed E-state index contributed by atoms with van der Waals surface area (Å²) in [5, 5.41) is 3.47. The molecule has 20 heavy (non-hydrogen) atoms. The molecule has 1 aromatic rings. The van der Waals surface area contributed by atoms with Crippen LogP contribution in [-0.4, -0.2) is 23.9 Å². The number of hydrogen-bond acceptors (Lipinski definition) is 2. The fourth-order valence-electron chi connectivity index (χ4n) is 2.35. The summed E-state index contributed by atoms with van der Waals surface area (Å²) in [6, 6.07) is 3.85. The molecule has 0 bridgehead atoms. The van der Waals surface area contributed by atoms with Gasteiger partial charge in [0, 0.05) is 5.69 Å². The van der Waals surface area contributed by atoms with Crippen LogP contribution in [0.1, 0.15) is 20.8 Å². The molecule has 2 amide bonds.